The normalized spacial score (nSPS) is 11.0. The molecule has 3 rings (SSSR count). The number of nitrogens with zero attached hydrogens (tertiary/aromatic N) is 2. The van der Waals surface area contributed by atoms with E-state index in [0.29, 0.717) is 42.3 Å². The van der Waals surface area contributed by atoms with E-state index in [1.807, 2.05) is 30.3 Å². The van der Waals surface area contributed by atoms with E-state index in [2.05, 4.69) is 24.0 Å². The Morgan fingerprint density at radius 3 is 2.29 bits per heavy atom. The van der Waals surface area contributed by atoms with Gasteiger partial charge in [0.2, 0.25) is 11.7 Å². The predicted octanol–water partition coefficient (Wildman–Crippen LogP) is 4.80. The number of ether oxygens (including phenoxy) is 2. The lowest BCUT2D eigenvalue weighted by Gasteiger charge is -2.11. The second-order valence-corrected chi connectivity index (χ2v) is 7.13. The van der Waals surface area contributed by atoms with Crippen molar-refractivity contribution in [2.75, 3.05) is 13.2 Å². The molecule has 6 nitrogen and oxygen atoms in total. The van der Waals surface area contributed by atoms with Gasteiger partial charge in [0.05, 0.1) is 13.2 Å². The van der Waals surface area contributed by atoms with Crippen molar-refractivity contribution >= 4 is 0 Å². The molecule has 3 aromatic rings. The lowest BCUT2D eigenvalue weighted by atomic mass is 10.1. The molecule has 2 aromatic carbocycles. The Bertz CT molecular complexity index is 888. The number of hydrogen-bond acceptors (Lipinski definition) is 6. The van der Waals surface area contributed by atoms with Crippen LogP contribution in [0, 0.1) is 12.8 Å². The lowest BCUT2D eigenvalue weighted by Crippen LogP contribution is -2.03. The van der Waals surface area contributed by atoms with E-state index >= 15 is 0 Å². The highest BCUT2D eigenvalue weighted by Crippen LogP contribution is 2.27. The standard InChI is InChI=1S/C22H26N2O4/c1-15(2)8-10-26-20-12-19(25)13-21(14-20)27-11-9-17-4-6-18(7-5-17)22-23-16(3)28-24-22/h4-7,12-15,25H,8-11H2,1-3H3. The average molecular weight is 382 g/mol. The number of aromatic nitrogens is 2. The minimum Gasteiger partial charge on any atom is -0.508 e. The van der Waals surface area contributed by atoms with E-state index in [4.69, 9.17) is 14.0 Å². The Labute approximate surface area is 165 Å². The molecule has 0 bridgehead atoms. The van der Waals surface area contributed by atoms with E-state index < -0.39 is 0 Å². The summed E-state index contributed by atoms with van der Waals surface area (Å²) in [7, 11) is 0. The quantitative estimate of drug-likeness (QED) is 0.573. The van der Waals surface area contributed by atoms with Gasteiger partial charge in [0, 0.05) is 37.1 Å². The number of benzene rings is 2. The third kappa shape index (κ3) is 5.74. The summed E-state index contributed by atoms with van der Waals surface area (Å²) in [5.41, 5.74) is 2.05. The summed E-state index contributed by atoms with van der Waals surface area (Å²) in [5.74, 6) is 3.06. The first-order valence-electron chi connectivity index (χ1n) is 9.49. The summed E-state index contributed by atoms with van der Waals surface area (Å²) in [4.78, 5) is 4.22. The largest absolute Gasteiger partial charge is 0.508 e. The first-order chi connectivity index (χ1) is 13.5. The molecule has 0 aliphatic carbocycles. The van der Waals surface area contributed by atoms with Gasteiger partial charge in [0.25, 0.3) is 0 Å². The van der Waals surface area contributed by atoms with Gasteiger partial charge in [-0.3, -0.25) is 0 Å². The summed E-state index contributed by atoms with van der Waals surface area (Å²) in [6.07, 6.45) is 1.70. The summed E-state index contributed by atoms with van der Waals surface area (Å²) < 4.78 is 16.5. The van der Waals surface area contributed by atoms with Gasteiger partial charge in [-0.05, 0) is 17.9 Å². The highest BCUT2D eigenvalue weighted by Gasteiger charge is 2.06. The van der Waals surface area contributed by atoms with Crippen molar-refractivity contribution in [2.24, 2.45) is 5.92 Å². The maximum atomic E-state index is 9.88. The SMILES string of the molecule is Cc1nc(-c2ccc(CCOc3cc(O)cc(OCCC(C)C)c3)cc2)no1. The summed E-state index contributed by atoms with van der Waals surface area (Å²) in [5, 5.41) is 13.8. The fourth-order valence-electron chi connectivity index (χ4n) is 2.66. The van der Waals surface area contributed by atoms with Crippen LogP contribution in [0.2, 0.25) is 0 Å². The molecule has 0 saturated heterocycles. The highest BCUT2D eigenvalue weighted by atomic mass is 16.5. The van der Waals surface area contributed by atoms with Gasteiger partial charge in [0.1, 0.15) is 17.2 Å². The zero-order valence-electron chi connectivity index (χ0n) is 16.5. The first kappa shape index (κ1) is 19.7. The van der Waals surface area contributed by atoms with Crippen LogP contribution in [0.5, 0.6) is 17.2 Å². The summed E-state index contributed by atoms with van der Waals surface area (Å²) in [6, 6.07) is 13.0. The van der Waals surface area contributed by atoms with Crippen molar-refractivity contribution in [3.8, 4) is 28.6 Å². The van der Waals surface area contributed by atoms with E-state index in [-0.39, 0.29) is 5.75 Å². The van der Waals surface area contributed by atoms with Crippen LogP contribution in [-0.4, -0.2) is 28.5 Å². The van der Waals surface area contributed by atoms with Crippen LogP contribution in [-0.2, 0) is 6.42 Å². The van der Waals surface area contributed by atoms with Crippen molar-refractivity contribution in [1.82, 2.24) is 10.1 Å². The van der Waals surface area contributed by atoms with E-state index in [9.17, 15) is 5.11 Å². The van der Waals surface area contributed by atoms with Crippen molar-refractivity contribution in [3.05, 3.63) is 53.9 Å². The maximum absolute atomic E-state index is 9.88. The minimum absolute atomic E-state index is 0.136. The molecule has 0 atom stereocenters. The smallest absolute Gasteiger partial charge is 0.223 e. The molecule has 0 saturated carbocycles. The van der Waals surface area contributed by atoms with Crippen molar-refractivity contribution in [2.45, 2.75) is 33.6 Å². The zero-order chi connectivity index (χ0) is 19.9. The number of phenolic OH excluding ortho intramolecular Hbond substituents is 1. The predicted molar refractivity (Wildman–Crippen MR) is 107 cm³/mol. The maximum Gasteiger partial charge on any atom is 0.223 e. The van der Waals surface area contributed by atoms with Crippen LogP contribution in [0.15, 0.2) is 47.0 Å². The fraction of sp³-hybridized carbons (Fsp3) is 0.364. The van der Waals surface area contributed by atoms with Crippen LogP contribution in [0.4, 0.5) is 0 Å². The lowest BCUT2D eigenvalue weighted by molar-refractivity contribution is 0.282. The number of rotatable bonds is 9. The van der Waals surface area contributed by atoms with Gasteiger partial charge >= 0.3 is 0 Å². The van der Waals surface area contributed by atoms with Crippen LogP contribution in [0.3, 0.4) is 0 Å². The second-order valence-electron chi connectivity index (χ2n) is 7.13. The van der Waals surface area contributed by atoms with E-state index in [0.717, 1.165) is 24.0 Å². The van der Waals surface area contributed by atoms with Crippen LogP contribution < -0.4 is 9.47 Å². The Morgan fingerprint density at radius 2 is 1.68 bits per heavy atom. The van der Waals surface area contributed by atoms with Crippen molar-refractivity contribution in [3.63, 3.8) is 0 Å². The molecule has 1 heterocycles. The molecule has 0 unspecified atom stereocenters. The summed E-state index contributed by atoms with van der Waals surface area (Å²) >= 11 is 0. The Hall–Kier alpha value is -3.02. The second kappa shape index (κ2) is 9.26. The zero-order valence-corrected chi connectivity index (χ0v) is 16.5. The first-order valence-corrected chi connectivity index (χ1v) is 9.49. The van der Waals surface area contributed by atoms with Gasteiger partial charge in [-0.1, -0.05) is 43.3 Å². The Balaban J connectivity index is 1.52. The van der Waals surface area contributed by atoms with Crippen LogP contribution in [0.1, 0.15) is 31.7 Å². The van der Waals surface area contributed by atoms with Crippen molar-refractivity contribution < 1.29 is 19.1 Å². The topological polar surface area (TPSA) is 77.6 Å². The highest BCUT2D eigenvalue weighted by molar-refractivity contribution is 5.54. The third-order valence-electron chi connectivity index (χ3n) is 4.23. The molecule has 148 valence electrons. The average Bonchev–Trinajstić information content (AvgIpc) is 3.08. The molecule has 6 heteroatoms. The molecule has 28 heavy (non-hydrogen) atoms. The van der Waals surface area contributed by atoms with Gasteiger partial charge < -0.3 is 19.1 Å². The molecule has 0 spiro atoms. The summed E-state index contributed by atoms with van der Waals surface area (Å²) in [6.45, 7) is 7.18. The fourth-order valence-corrected chi connectivity index (χ4v) is 2.66. The molecule has 0 fully saturated rings. The van der Waals surface area contributed by atoms with Gasteiger partial charge in [-0.2, -0.15) is 4.98 Å². The number of phenols is 1. The van der Waals surface area contributed by atoms with Crippen molar-refractivity contribution in [1.29, 1.82) is 0 Å². The number of aromatic hydroxyl groups is 1. The van der Waals surface area contributed by atoms with Crippen LogP contribution in [0.25, 0.3) is 11.4 Å². The van der Waals surface area contributed by atoms with Crippen LogP contribution >= 0.6 is 0 Å². The molecular weight excluding hydrogens is 356 g/mol. The minimum atomic E-state index is 0.136. The monoisotopic (exact) mass is 382 g/mol. The molecule has 0 amide bonds. The molecule has 0 aliphatic heterocycles. The molecule has 1 aromatic heterocycles. The van der Waals surface area contributed by atoms with E-state index in [1.165, 1.54) is 0 Å². The number of aryl methyl sites for hydroxylation is 1. The van der Waals surface area contributed by atoms with Gasteiger partial charge in [-0.15, -0.1) is 0 Å². The third-order valence-corrected chi connectivity index (χ3v) is 4.23. The Morgan fingerprint density at radius 1 is 1.00 bits per heavy atom. The molecule has 0 aliphatic rings. The van der Waals surface area contributed by atoms with E-state index in [1.54, 1.807) is 19.1 Å². The van der Waals surface area contributed by atoms with Gasteiger partial charge in [-0.25, -0.2) is 0 Å². The molecule has 1 N–H and O–H groups in total. The number of hydrogen-bond donors (Lipinski definition) is 1. The molecular formula is C22H26N2O4. The van der Waals surface area contributed by atoms with Gasteiger partial charge in [0.15, 0.2) is 0 Å². The molecule has 0 radical (unpaired) electrons. The Kier molecular flexibility index (Phi) is 6.53.